The van der Waals surface area contributed by atoms with Crippen molar-refractivity contribution >= 4 is 23.6 Å². The number of urea groups is 1. The molecule has 8 nitrogen and oxygen atoms in total. The Balaban J connectivity index is 1.57. The highest BCUT2D eigenvalue weighted by Gasteiger charge is 2.42. The molecule has 0 aliphatic carbocycles. The molecule has 132 valence electrons. The highest BCUT2D eigenvalue weighted by Crippen LogP contribution is 2.30. The van der Waals surface area contributed by atoms with Crippen LogP contribution >= 0.6 is 11.6 Å². The highest BCUT2D eigenvalue weighted by molar-refractivity contribution is 6.30. The van der Waals surface area contributed by atoms with E-state index in [0.29, 0.717) is 23.8 Å². The fourth-order valence-electron chi connectivity index (χ4n) is 2.61. The van der Waals surface area contributed by atoms with Gasteiger partial charge in [-0.15, -0.1) is 0 Å². The van der Waals surface area contributed by atoms with Gasteiger partial charge in [0, 0.05) is 23.7 Å². The SMILES string of the molecule is CC1(C(=O)O)CCN(C(=O)NCc2nc(-c3ccc(Cl)cc3)no2)C1. The summed E-state index contributed by atoms with van der Waals surface area (Å²) in [5, 5.41) is 16.4. The van der Waals surface area contributed by atoms with Crippen LogP contribution in [0, 0.1) is 5.41 Å². The standard InChI is InChI=1S/C16H17ClN4O4/c1-16(14(22)23)6-7-21(9-16)15(24)18-8-12-19-13(20-25-12)10-2-4-11(17)5-3-10/h2-5H,6-9H2,1H3,(H,18,24)(H,22,23). The van der Waals surface area contributed by atoms with E-state index < -0.39 is 11.4 Å². The molecule has 2 aromatic rings. The van der Waals surface area contributed by atoms with Crippen molar-refractivity contribution in [1.29, 1.82) is 0 Å². The monoisotopic (exact) mass is 364 g/mol. The van der Waals surface area contributed by atoms with Crippen LogP contribution in [-0.4, -0.2) is 45.2 Å². The smallest absolute Gasteiger partial charge is 0.317 e. The third-order valence-corrected chi connectivity index (χ3v) is 4.49. The maximum absolute atomic E-state index is 12.2. The second-order valence-corrected chi connectivity index (χ2v) is 6.65. The molecule has 2 N–H and O–H groups in total. The second-order valence-electron chi connectivity index (χ2n) is 6.21. The molecule has 1 unspecified atom stereocenters. The summed E-state index contributed by atoms with van der Waals surface area (Å²) in [6, 6.07) is 6.64. The zero-order chi connectivity index (χ0) is 18.0. The predicted molar refractivity (Wildman–Crippen MR) is 88.9 cm³/mol. The summed E-state index contributed by atoms with van der Waals surface area (Å²) in [6.07, 6.45) is 0.428. The van der Waals surface area contributed by atoms with Crippen LogP contribution < -0.4 is 5.32 Å². The van der Waals surface area contributed by atoms with Crippen LogP contribution in [0.3, 0.4) is 0 Å². The Morgan fingerprint density at radius 2 is 2.12 bits per heavy atom. The van der Waals surface area contributed by atoms with Gasteiger partial charge in [-0.1, -0.05) is 16.8 Å². The number of halogens is 1. The molecule has 2 heterocycles. The number of rotatable bonds is 4. The van der Waals surface area contributed by atoms with Gasteiger partial charge in [0.1, 0.15) is 0 Å². The van der Waals surface area contributed by atoms with Gasteiger partial charge in [-0.25, -0.2) is 4.79 Å². The topological polar surface area (TPSA) is 109 Å². The molecule has 1 fully saturated rings. The van der Waals surface area contributed by atoms with Crippen LogP contribution in [0.25, 0.3) is 11.4 Å². The lowest BCUT2D eigenvalue weighted by Gasteiger charge is -2.20. The van der Waals surface area contributed by atoms with E-state index in [1.165, 1.54) is 4.90 Å². The van der Waals surface area contributed by atoms with E-state index >= 15 is 0 Å². The molecule has 2 amide bonds. The van der Waals surface area contributed by atoms with E-state index in [4.69, 9.17) is 16.1 Å². The van der Waals surface area contributed by atoms with Gasteiger partial charge in [0.25, 0.3) is 0 Å². The lowest BCUT2D eigenvalue weighted by atomic mass is 9.90. The summed E-state index contributed by atoms with van der Waals surface area (Å²) >= 11 is 5.84. The number of amides is 2. The lowest BCUT2D eigenvalue weighted by molar-refractivity contribution is -0.147. The summed E-state index contributed by atoms with van der Waals surface area (Å²) in [6.45, 7) is 2.28. The molecule has 1 atom stereocenters. The van der Waals surface area contributed by atoms with Crippen molar-refractivity contribution in [1.82, 2.24) is 20.4 Å². The van der Waals surface area contributed by atoms with Crippen LogP contribution in [0.2, 0.25) is 5.02 Å². The number of nitrogens with one attached hydrogen (secondary N) is 1. The third-order valence-electron chi connectivity index (χ3n) is 4.24. The van der Waals surface area contributed by atoms with Crippen LogP contribution in [0.1, 0.15) is 19.2 Å². The highest BCUT2D eigenvalue weighted by atomic mass is 35.5. The van der Waals surface area contributed by atoms with E-state index in [1.807, 2.05) is 0 Å². The summed E-state index contributed by atoms with van der Waals surface area (Å²) in [5.74, 6) is -0.230. The van der Waals surface area contributed by atoms with Gasteiger partial charge in [0.2, 0.25) is 11.7 Å². The Morgan fingerprint density at radius 1 is 1.40 bits per heavy atom. The molecule has 1 aromatic heterocycles. The van der Waals surface area contributed by atoms with Crippen molar-refractivity contribution in [3.63, 3.8) is 0 Å². The summed E-state index contributed by atoms with van der Waals surface area (Å²) in [5.41, 5.74) is -0.147. The number of hydrogen-bond donors (Lipinski definition) is 2. The predicted octanol–water partition coefficient (Wildman–Crippen LogP) is 2.40. The molecule has 1 aliphatic heterocycles. The van der Waals surface area contributed by atoms with E-state index in [-0.39, 0.29) is 25.0 Å². The first kappa shape index (κ1) is 17.2. The first-order valence-electron chi connectivity index (χ1n) is 7.72. The number of nitrogens with zero attached hydrogens (tertiary/aromatic N) is 3. The Labute approximate surface area is 148 Å². The third kappa shape index (κ3) is 3.74. The molecular formula is C16H17ClN4O4. The molecule has 1 aromatic carbocycles. The molecule has 0 bridgehead atoms. The molecule has 0 saturated carbocycles. The average molecular weight is 365 g/mol. The maximum atomic E-state index is 12.2. The van der Waals surface area contributed by atoms with E-state index in [9.17, 15) is 14.7 Å². The number of carboxylic acids is 1. The number of carbonyl (C=O) groups is 2. The Kier molecular flexibility index (Phi) is 4.63. The molecular weight excluding hydrogens is 348 g/mol. The van der Waals surface area contributed by atoms with Gasteiger partial charge in [-0.05, 0) is 37.6 Å². The van der Waals surface area contributed by atoms with Crippen molar-refractivity contribution in [2.24, 2.45) is 5.41 Å². The Hall–Kier alpha value is -2.61. The van der Waals surface area contributed by atoms with Crippen molar-refractivity contribution in [2.45, 2.75) is 19.9 Å². The van der Waals surface area contributed by atoms with Crippen LogP contribution in [0.5, 0.6) is 0 Å². The van der Waals surface area contributed by atoms with Crippen molar-refractivity contribution in [3.8, 4) is 11.4 Å². The number of carbonyl (C=O) groups excluding carboxylic acids is 1. The van der Waals surface area contributed by atoms with E-state index in [1.54, 1.807) is 31.2 Å². The normalized spacial score (nSPS) is 19.8. The molecule has 1 aliphatic rings. The second kappa shape index (κ2) is 6.72. The van der Waals surface area contributed by atoms with Crippen molar-refractivity contribution < 1.29 is 19.2 Å². The number of benzene rings is 1. The fourth-order valence-corrected chi connectivity index (χ4v) is 2.74. The molecule has 3 rings (SSSR count). The largest absolute Gasteiger partial charge is 0.481 e. The zero-order valence-corrected chi connectivity index (χ0v) is 14.3. The van der Waals surface area contributed by atoms with Gasteiger partial charge >= 0.3 is 12.0 Å². The number of aliphatic carboxylic acids is 1. The first-order chi connectivity index (χ1) is 11.9. The Morgan fingerprint density at radius 3 is 2.76 bits per heavy atom. The average Bonchev–Trinajstić information content (AvgIpc) is 3.21. The maximum Gasteiger partial charge on any atom is 0.317 e. The Bertz CT molecular complexity index is 792. The minimum Gasteiger partial charge on any atom is -0.481 e. The number of carboxylic acid groups (broad SMARTS) is 1. The molecule has 0 spiro atoms. The van der Waals surface area contributed by atoms with E-state index in [0.717, 1.165) is 5.56 Å². The fraction of sp³-hybridized carbons (Fsp3) is 0.375. The lowest BCUT2D eigenvalue weighted by Crippen LogP contribution is -2.40. The quantitative estimate of drug-likeness (QED) is 0.862. The van der Waals surface area contributed by atoms with Gasteiger partial charge in [-0.3, -0.25) is 4.79 Å². The zero-order valence-electron chi connectivity index (χ0n) is 13.5. The van der Waals surface area contributed by atoms with E-state index in [2.05, 4.69) is 15.5 Å². The molecule has 0 radical (unpaired) electrons. The number of hydrogen-bond acceptors (Lipinski definition) is 5. The van der Waals surface area contributed by atoms with Gasteiger partial charge in [-0.2, -0.15) is 4.98 Å². The molecule has 1 saturated heterocycles. The molecule has 25 heavy (non-hydrogen) atoms. The van der Waals surface area contributed by atoms with Crippen LogP contribution in [0.15, 0.2) is 28.8 Å². The summed E-state index contributed by atoms with van der Waals surface area (Å²) in [4.78, 5) is 29.1. The van der Waals surface area contributed by atoms with Gasteiger partial charge in [0.05, 0.1) is 12.0 Å². The van der Waals surface area contributed by atoms with Gasteiger partial charge < -0.3 is 19.8 Å². The van der Waals surface area contributed by atoms with Crippen LogP contribution in [0.4, 0.5) is 4.79 Å². The van der Waals surface area contributed by atoms with Gasteiger partial charge in [0.15, 0.2) is 0 Å². The minimum atomic E-state index is -0.899. The summed E-state index contributed by atoms with van der Waals surface area (Å²) < 4.78 is 5.12. The number of likely N-dealkylation sites (tertiary alicyclic amines) is 1. The van der Waals surface area contributed by atoms with Crippen LogP contribution in [-0.2, 0) is 11.3 Å². The minimum absolute atomic E-state index is 0.0692. The molecule has 9 heteroatoms. The van der Waals surface area contributed by atoms with Crippen molar-refractivity contribution in [2.75, 3.05) is 13.1 Å². The first-order valence-corrected chi connectivity index (χ1v) is 8.10. The summed E-state index contributed by atoms with van der Waals surface area (Å²) in [7, 11) is 0. The number of aromatic nitrogens is 2. The van der Waals surface area contributed by atoms with Crippen molar-refractivity contribution in [3.05, 3.63) is 35.2 Å².